The summed E-state index contributed by atoms with van der Waals surface area (Å²) >= 11 is 0. The number of benzene rings is 1. The van der Waals surface area contributed by atoms with Crippen LogP contribution in [0.2, 0.25) is 0 Å². The van der Waals surface area contributed by atoms with Gasteiger partial charge in [0.25, 0.3) is 0 Å². The lowest BCUT2D eigenvalue weighted by molar-refractivity contribution is -0.136. The molecule has 1 unspecified atom stereocenters. The summed E-state index contributed by atoms with van der Waals surface area (Å²) in [4.78, 5) is 14.4. The summed E-state index contributed by atoms with van der Waals surface area (Å²) in [5.74, 6) is -0.312. The number of halogens is 1. The van der Waals surface area contributed by atoms with Crippen molar-refractivity contribution in [3.05, 3.63) is 35.6 Å². The Balaban J connectivity index is 2.04. The highest BCUT2D eigenvalue weighted by molar-refractivity contribution is 5.82. The topological polar surface area (TPSA) is 55.6 Å². The van der Waals surface area contributed by atoms with Crippen molar-refractivity contribution in [1.29, 1.82) is 0 Å². The SMILES string of the molecule is COCC(N)C(=O)N(CCc1ccccc1F)C1CCCC1. The van der Waals surface area contributed by atoms with E-state index < -0.39 is 6.04 Å². The largest absolute Gasteiger partial charge is 0.383 e. The highest BCUT2D eigenvalue weighted by atomic mass is 19.1. The quantitative estimate of drug-likeness (QED) is 0.839. The van der Waals surface area contributed by atoms with E-state index in [0.29, 0.717) is 18.5 Å². The molecule has 1 fully saturated rings. The van der Waals surface area contributed by atoms with Crippen molar-refractivity contribution in [3.63, 3.8) is 0 Å². The van der Waals surface area contributed by atoms with Gasteiger partial charge in [0.05, 0.1) is 6.61 Å². The van der Waals surface area contributed by atoms with Crippen LogP contribution in [0.5, 0.6) is 0 Å². The first-order valence-corrected chi connectivity index (χ1v) is 7.92. The van der Waals surface area contributed by atoms with E-state index in [1.807, 2.05) is 11.0 Å². The van der Waals surface area contributed by atoms with Gasteiger partial charge in [0.2, 0.25) is 5.91 Å². The van der Waals surface area contributed by atoms with Crippen LogP contribution < -0.4 is 5.73 Å². The Morgan fingerprint density at radius 2 is 2.09 bits per heavy atom. The highest BCUT2D eigenvalue weighted by Gasteiger charge is 2.29. The Bertz CT molecular complexity index is 489. The normalized spacial score (nSPS) is 16.7. The molecule has 1 aliphatic carbocycles. The molecular formula is C17H25FN2O2. The zero-order valence-corrected chi connectivity index (χ0v) is 13.1. The van der Waals surface area contributed by atoms with Crippen molar-refractivity contribution in [2.45, 2.75) is 44.2 Å². The number of hydrogen-bond acceptors (Lipinski definition) is 3. The molecule has 1 aromatic rings. The molecule has 22 heavy (non-hydrogen) atoms. The van der Waals surface area contributed by atoms with Gasteiger partial charge in [-0.05, 0) is 30.9 Å². The number of rotatable bonds is 7. The van der Waals surface area contributed by atoms with E-state index >= 15 is 0 Å². The van der Waals surface area contributed by atoms with E-state index in [1.54, 1.807) is 12.1 Å². The fourth-order valence-corrected chi connectivity index (χ4v) is 3.09. The van der Waals surface area contributed by atoms with Gasteiger partial charge in [-0.3, -0.25) is 4.79 Å². The van der Waals surface area contributed by atoms with E-state index in [-0.39, 0.29) is 24.4 Å². The van der Waals surface area contributed by atoms with Gasteiger partial charge in [-0.2, -0.15) is 0 Å². The number of amides is 1. The van der Waals surface area contributed by atoms with Crippen LogP contribution in [0.25, 0.3) is 0 Å². The molecule has 5 heteroatoms. The first-order valence-electron chi connectivity index (χ1n) is 7.92. The summed E-state index contributed by atoms with van der Waals surface area (Å²) in [7, 11) is 1.53. The van der Waals surface area contributed by atoms with Crippen molar-refractivity contribution in [3.8, 4) is 0 Å². The second kappa shape index (κ2) is 8.25. The highest BCUT2D eigenvalue weighted by Crippen LogP contribution is 2.24. The van der Waals surface area contributed by atoms with Gasteiger partial charge >= 0.3 is 0 Å². The van der Waals surface area contributed by atoms with E-state index in [0.717, 1.165) is 25.7 Å². The average molecular weight is 308 g/mol. The van der Waals surface area contributed by atoms with E-state index in [1.165, 1.54) is 13.2 Å². The summed E-state index contributed by atoms with van der Waals surface area (Å²) in [6.07, 6.45) is 4.78. The molecule has 0 bridgehead atoms. The van der Waals surface area contributed by atoms with Crippen molar-refractivity contribution in [1.82, 2.24) is 4.90 Å². The van der Waals surface area contributed by atoms with Crippen LogP contribution in [-0.4, -0.2) is 43.2 Å². The third kappa shape index (κ3) is 4.27. The van der Waals surface area contributed by atoms with Gasteiger partial charge in [0.1, 0.15) is 11.9 Å². The molecule has 1 aromatic carbocycles. The number of carbonyl (C=O) groups is 1. The molecule has 4 nitrogen and oxygen atoms in total. The molecule has 2 N–H and O–H groups in total. The van der Waals surface area contributed by atoms with Gasteiger partial charge in [0, 0.05) is 19.7 Å². The van der Waals surface area contributed by atoms with Crippen LogP contribution in [0.4, 0.5) is 4.39 Å². The first-order chi connectivity index (χ1) is 10.6. The lowest BCUT2D eigenvalue weighted by Gasteiger charge is -2.31. The number of nitrogens with zero attached hydrogens (tertiary/aromatic N) is 1. The fraction of sp³-hybridized carbons (Fsp3) is 0.588. The maximum atomic E-state index is 13.7. The Kier molecular flexibility index (Phi) is 6.34. The molecule has 0 radical (unpaired) electrons. The Labute approximate surface area is 131 Å². The van der Waals surface area contributed by atoms with Gasteiger partial charge in [0.15, 0.2) is 0 Å². The summed E-state index contributed by atoms with van der Waals surface area (Å²) in [6, 6.07) is 6.29. The van der Waals surface area contributed by atoms with Crippen molar-refractivity contribution >= 4 is 5.91 Å². The van der Waals surface area contributed by atoms with Crippen LogP contribution in [0.15, 0.2) is 24.3 Å². The van der Waals surface area contributed by atoms with Gasteiger partial charge < -0.3 is 15.4 Å². The lowest BCUT2D eigenvalue weighted by atomic mass is 10.1. The maximum Gasteiger partial charge on any atom is 0.242 e. The minimum atomic E-state index is -0.647. The standard InChI is InChI=1S/C17H25FN2O2/c1-22-12-16(19)17(21)20(14-7-3-4-8-14)11-10-13-6-2-5-9-15(13)18/h2,5-6,9,14,16H,3-4,7-8,10-12,19H2,1H3. The van der Waals surface area contributed by atoms with Crippen LogP contribution in [-0.2, 0) is 16.0 Å². The smallest absolute Gasteiger partial charge is 0.242 e. The van der Waals surface area contributed by atoms with Gasteiger partial charge in [-0.25, -0.2) is 4.39 Å². The van der Waals surface area contributed by atoms with E-state index in [9.17, 15) is 9.18 Å². The van der Waals surface area contributed by atoms with Gasteiger partial charge in [-0.15, -0.1) is 0 Å². The molecule has 2 rings (SSSR count). The molecule has 0 saturated heterocycles. The molecule has 1 atom stereocenters. The summed E-state index contributed by atoms with van der Waals surface area (Å²) in [6.45, 7) is 0.712. The van der Waals surface area contributed by atoms with Crippen molar-refractivity contribution in [2.24, 2.45) is 5.73 Å². The van der Waals surface area contributed by atoms with E-state index in [4.69, 9.17) is 10.5 Å². The van der Waals surface area contributed by atoms with Gasteiger partial charge in [-0.1, -0.05) is 31.0 Å². The predicted octanol–water partition coefficient (Wildman–Crippen LogP) is 2.11. The van der Waals surface area contributed by atoms with Crippen LogP contribution in [0.1, 0.15) is 31.2 Å². The molecule has 0 heterocycles. The minimum absolute atomic E-state index is 0.0925. The fourth-order valence-electron chi connectivity index (χ4n) is 3.09. The Hall–Kier alpha value is -1.46. The van der Waals surface area contributed by atoms with Crippen LogP contribution in [0, 0.1) is 5.82 Å². The zero-order chi connectivity index (χ0) is 15.9. The number of carbonyl (C=O) groups excluding carboxylic acids is 1. The molecule has 1 aliphatic rings. The van der Waals surface area contributed by atoms with Crippen LogP contribution >= 0.6 is 0 Å². The third-order valence-corrected chi connectivity index (χ3v) is 4.29. The minimum Gasteiger partial charge on any atom is -0.383 e. The summed E-state index contributed by atoms with van der Waals surface area (Å²) in [5.41, 5.74) is 6.54. The molecular weight excluding hydrogens is 283 g/mol. The molecule has 0 aromatic heterocycles. The monoisotopic (exact) mass is 308 g/mol. The van der Waals surface area contributed by atoms with Crippen molar-refractivity contribution < 1.29 is 13.9 Å². The third-order valence-electron chi connectivity index (χ3n) is 4.29. The molecule has 0 aliphatic heterocycles. The number of nitrogens with two attached hydrogens (primary N) is 1. The molecule has 1 saturated carbocycles. The molecule has 1 amide bonds. The Morgan fingerprint density at radius 3 is 2.73 bits per heavy atom. The average Bonchev–Trinajstić information content (AvgIpc) is 3.03. The lowest BCUT2D eigenvalue weighted by Crippen LogP contribution is -2.50. The summed E-state index contributed by atoms with van der Waals surface area (Å²) in [5, 5.41) is 0. The van der Waals surface area contributed by atoms with Crippen molar-refractivity contribution in [2.75, 3.05) is 20.3 Å². The summed E-state index contributed by atoms with van der Waals surface area (Å²) < 4.78 is 18.7. The van der Waals surface area contributed by atoms with E-state index in [2.05, 4.69) is 0 Å². The number of ether oxygens (including phenoxy) is 1. The second-order valence-corrected chi connectivity index (χ2v) is 5.87. The number of methoxy groups -OCH3 is 1. The molecule has 0 spiro atoms. The second-order valence-electron chi connectivity index (χ2n) is 5.87. The maximum absolute atomic E-state index is 13.7. The molecule has 122 valence electrons. The zero-order valence-electron chi connectivity index (χ0n) is 13.1. The number of hydrogen-bond donors (Lipinski definition) is 1. The predicted molar refractivity (Wildman–Crippen MR) is 83.9 cm³/mol. The Morgan fingerprint density at radius 1 is 1.41 bits per heavy atom. The first kappa shape index (κ1) is 16.9. The van der Waals surface area contributed by atoms with Crippen LogP contribution in [0.3, 0.4) is 0 Å².